The van der Waals surface area contributed by atoms with Crippen LogP contribution in [0.15, 0.2) is 71.9 Å². The van der Waals surface area contributed by atoms with Crippen molar-refractivity contribution in [2.24, 2.45) is 4.99 Å². The first-order chi connectivity index (χ1) is 18.0. The number of nitrogens with zero attached hydrogens (tertiary/aromatic N) is 4. The van der Waals surface area contributed by atoms with Crippen LogP contribution >= 0.6 is 0 Å². The van der Waals surface area contributed by atoms with Crippen LogP contribution in [0, 0.1) is 17.5 Å². The van der Waals surface area contributed by atoms with E-state index in [4.69, 9.17) is 4.74 Å². The molecule has 1 atom stereocenters. The van der Waals surface area contributed by atoms with E-state index < -0.39 is 12.0 Å². The summed E-state index contributed by atoms with van der Waals surface area (Å²) in [7, 11) is 0. The lowest BCUT2D eigenvalue weighted by molar-refractivity contribution is -0.128. The van der Waals surface area contributed by atoms with Gasteiger partial charge in [-0.05, 0) is 78.2 Å². The van der Waals surface area contributed by atoms with E-state index in [2.05, 4.69) is 10.1 Å². The van der Waals surface area contributed by atoms with Crippen molar-refractivity contribution >= 4 is 17.8 Å². The number of fused-ring (bicyclic) bond motifs is 1. The van der Waals surface area contributed by atoms with Crippen molar-refractivity contribution in [3.8, 4) is 16.9 Å². The summed E-state index contributed by atoms with van der Waals surface area (Å²) >= 11 is 0. The predicted molar refractivity (Wildman–Crippen MR) is 131 cm³/mol. The van der Waals surface area contributed by atoms with Gasteiger partial charge in [0, 0.05) is 36.5 Å². The molecule has 1 amide bonds. The van der Waals surface area contributed by atoms with Gasteiger partial charge in [0.15, 0.2) is 6.23 Å². The molecule has 0 radical (unpaired) electrons. The van der Waals surface area contributed by atoms with Crippen molar-refractivity contribution in [1.82, 2.24) is 14.7 Å². The molecule has 0 aliphatic carbocycles. The molecule has 4 aromatic rings. The second-order valence-corrected chi connectivity index (χ2v) is 8.95. The maximum absolute atomic E-state index is 14.7. The Balaban J connectivity index is 1.34. The maximum Gasteiger partial charge on any atom is 0.250 e. The van der Waals surface area contributed by atoms with Crippen LogP contribution in [0.25, 0.3) is 16.9 Å². The van der Waals surface area contributed by atoms with E-state index in [1.165, 1.54) is 30.3 Å². The van der Waals surface area contributed by atoms with Crippen LogP contribution in [0.5, 0.6) is 0 Å². The number of hydrogen-bond acceptors (Lipinski definition) is 4. The van der Waals surface area contributed by atoms with Gasteiger partial charge in [0.25, 0.3) is 5.91 Å². The molecule has 0 N–H and O–H groups in total. The summed E-state index contributed by atoms with van der Waals surface area (Å²) in [5.74, 6) is -1.33. The van der Waals surface area contributed by atoms with Gasteiger partial charge in [-0.25, -0.2) is 17.9 Å². The standard InChI is InChI=1S/C28H21F3N4O2/c29-20-3-1-17(2-4-20)27-23(15-35(33-27)22-7-5-21(30)6-8-22)28-34(26(36)16-37-28)12-10-18-14-25-19(9-11-32-25)13-24(18)31/h1-8,11,13-15,28H,9-10,12,16H2. The molecule has 0 bridgehead atoms. The minimum atomic E-state index is -0.780. The summed E-state index contributed by atoms with van der Waals surface area (Å²) in [4.78, 5) is 18.7. The molecular weight excluding hydrogens is 481 g/mol. The van der Waals surface area contributed by atoms with Crippen molar-refractivity contribution in [3.63, 3.8) is 0 Å². The fourth-order valence-corrected chi connectivity index (χ4v) is 4.68. The zero-order valence-electron chi connectivity index (χ0n) is 19.6. The third-order valence-electron chi connectivity index (χ3n) is 6.60. The Morgan fingerprint density at radius 1 is 0.973 bits per heavy atom. The molecule has 0 saturated carbocycles. The first kappa shape index (κ1) is 23.2. The Bertz CT molecular complexity index is 1510. The number of carbonyl (C=O) groups excluding carboxylic acids is 1. The summed E-state index contributed by atoms with van der Waals surface area (Å²) < 4.78 is 49.3. The zero-order valence-corrected chi connectivity index (χ0v) is 19.6. The number of rotatable bonds is 6. The second-order valence-electron chi connectivity index (χ2n) is 8.95. The van der Waals surface area contributed by atoms with Gasteiger partial charge in [-0.3, -0.25) is 9.79 Å². The highest BCUT2D eigenvalue weighted by Crippen LogP contribution is 2.36. The van der Waals surface area contributed by atoms with Gasteiger partial charge < -0.3 is 9.64 Å². The third kappa shape index (κ3) is 4.42. The zero-order chi connectivity index (χ0) is 25.5. The lowest BCUT2D eigenvalue weighted by atomic mass is 10.0. The molecule has 0 spiro atoms. The van der Waals surface area contributed by atoms with Crippen LogP contribution in [-0.2, 0) is 22.4 Å². The highest BCUT2D eigenvalue weighted by atomic mass is 19.1. The molecule has 2 aliphatic heterocycles. The van der Waals surface area contributed by atoms with Gasteiger partial charge in [-0.15, -0.1) is 0 Å². The Morgan fingerprint density at radius 2 is 1.70 bits per heavy atom. The number of amides is 1. The van der Waals surface area contributed by atoms with Crippen LogP contribution < -0.4 is 0 Å². The second kappa shape index (κ2) is 9.33. The van der Waals surface area contributed by atoms with Crippen molar-refractivity contribution < 1.29 is 22.7 Å². The lowest BCUT2D eigenvalue weighted by Crippen LogP contribution is -2.31. The van der Waals surface area contributed by atoms with Gasteiger partial charge in [0.2, 0.25) is 0 Å². The molecule has 186 valence electrons. The fourth-order valence-electron chi connectivity index (χ4n) is 4.68. The molecule has 1 aromatic heterocycles. The van der Waals surface area contributed by atoms with E-state index >= 15 is 0 Å². The van der Waals surface area contributed by atoms with Gasteiger partial charge in [0.05, 0.1) is 11.4 Å². The lowest BCUT2D eigenvalue weighted by Gasteiger charge is -2.23. The Labute approximate surface area is 210 Å². The summed E-state index contributed by atoms with van der Waals surface area (Å²) in [5, 5.41) is 4.66. The predicted octanol–water partition coefficient (Wildman–Crippen LogP) is 5.32. The highest BCUT2D eigenvalue weighted by molar-refractivity contribution is 5.80. The SMILES string of the molecule is O=C1COC(c2cn(-c3ccc(F)cc3)nc2-c2ccc(F)cc2)N1CCc1cc2c(cc1F)CC=N2. The number of aromatic nitrogens is 2. The number of aliphatic imine (C=N–C) groups is 1. The maximum atomic E-state index is 14.7. The minimum absolute atomic E-state index is 0.133. The summed E-state index contributed by atoms with van der Waals surface area (Å²) in [6.07, 6.45) is 3.57. The molecule has 3 heterocycles. The summed E-state index contributed by atoms with van der Waals surface area (Å²) in [6, 6.07) is 14.9. The van der Waals surface area contributed by atoms with Crippen molar-refractivity contribution in [3.05, 3.63) is 101 Å². The van der Waals surface area contributed by atoms with Gasteiger partial charge >= 0.3 is 0 Å². The topological polar surface area (TPSA) is 59.7 Å². The minimum Gasteiger partial charge on any atom is -0.344 e. The first-order valence-corrected chi connectivity index (χ1v) is 11.8. The summed E-state index contributed by atoms with van der Waals surface area (Å²) in [6.45, 7) is 0.0831. The van der Waals surface area contributed by atoms with Crippen molar-refractivity contribution in [2.45, 2.75) is 19.1 Å². The molecule has 1 unspecified atom stereocenters. The van der Waals surface area contributed by atoms with E-state index in [0.29, 0.717) is 34.5 Å². The largest absolute Gasteiger partial charge is 0.344 e. The molecule has 2 aliphatic rings. The quantitative estimate of drug-likeness (QED) is 0.359. The third-order valence-corrected chi connectivity index (χ3v) is 6.60. The van der Waals surface area contributed by atoms with Crippen molar-refractivity contribution in [1.29, 1.82) is 0 Å². The molecule has 9 heteroatoms. The van der Waals surface area contributed by atoms with E-state index in [-0.39, 0.29) is 37.1 Å². The Kier molecular flexibility index (Phi) is 5.84. The summed E-state index contributed by atoms with van der Waals surface area (Å²) in [5.41, 5.74) is 4.37. The molecular formula is C28H21F3N4O2. The normalized spacial score (nSPS) is 16.6. The van der Waals surface area contributed by atoms with Gasteiger partial charge in [-0.1, -0.05) is 0 Å². The first-order valence-electron chi connectivity index (χ1n) is 11.8. The highest BCUT2D eigenvalue weighted by Gasteiger charge is 2.36. The monoisotopic (exact) mass is 502 g/mol. The van der Waals surface area contributed by atoms with E-state index in [9.17, 15) is 18.0 Å². The number of carbonyl (C=O) groups is 1. The number of halogens is 3. The molecule has 6 rings (SSSR count). The number of hydrogen-bond donors (Lipinski definition) is 0. The van der Waals surface area contributed by atoms with Crippen molar-refractivity contribution in [2.75, 3.05) is 13.2 Å². The average Bonchev–Trinajstić information content (AvgIpc) is 3.62. The smallest absolute Gasteiger partial charge is 0.250 e. The van der Waals surface area contributed by atoms with Crippen LogP contribution in [0.3, 0.4) is 0 Å². The fraction of sp³-hybridized carbons (Fsp3) is 0.179. The number of benzene rings is 3. The van der Waals surface area contributed by atoms with Crippen LogP contribution in [0.4, 0.5) is 18.9 Å². The average molecular weight is 502 g/mol. The Hall–Kier alpha value is -4.24. The van der Waals surface area contributed by atoms with E-state index in [0.717, 1.165) is 11.3 Å². The van der Waals surface area contributed by atoms with Crippen LogP contribution in [-0.4, -0.2) is 40.0 Å². The van der Waals surface area contributed by atoms with Crippen LogP contribution in [0.2, 0.25) is 0 Å². The van der Waals surface area contributed by atoms with E-state index in [1.54, 1.807) is 52.3 Å². The molecule has 3 aromatic carbocycles. The Morgan fingerprint density at radius 3 is 2.46 bits per heavy atom. The molecule has 1 fully saturated rings. The molecule has 37 heavy (non-hydrogen) atoms. The van der Waals surface area contributed by atoms with Crippen LogP contribution in [0.1, 0.15) is 22.9 Å². The van der Waals surface area contributed by atoms with Gasteiger partial charge in [0.1, 0.15) is 29.8 Å². The van der Waals surface area contributed by atoms with E-state index in [1.807, 2.05) is 0 Å². The molecule has 6 nitrogen and oxygen atoms in total. The molecule has 1 saturated heterocycles. The number of ether oxygens (including phenoxy) is 1. The van der Waals surface area contributed by atoms with Gasteiger partial charge in [-0.2, -0.15) is 5.10 Å².